The van der Waals surface area contributed by atoms with Crippen LogP contribution >= 0.6 is 0 Å². The van der Waals surface area contributed by atoms with Crippen molar-refractivity contribution in [3.05, 3.63) is 71.8 Å². The van der Waals surface area contributed by atoms with Gasteiger partial charge in [-0.25, -0.2) is 0 Å². The number of benzene rings is 3. The first kappa shape index (κ1) is 20.1. The predicted molar refractivity (Wildman–Crippen MR) is 115 cm³/mol. The van der Waals surface area contributed by atoms with Crippen LogP contribution in [0, 0.1) is 6.92 Å². The van der Waals surface area contributed by atoms with E-state index in [1.807, 2.05) is 49.4 Å². The molecule has 3 N–H and O–H groups in total. The summed E-state index contributed by atoms with van der Waals surface area (Å²) in [6, 6.07) is 18.9. The molecule has 3 aromatic rings. The highest BCUT2D eigenvalue weighted by Crippen LogP contribution is 2.20. The molecule has 0 bridgehead atoms. The lowest BCUT2D eigenvalue weighted by atomic mass is 10.0. The van der Waals surface area contributed by atoms with Gasteiger partial charge in [-0.05, 0) is 47.0 Å². The smallest absolute Gasteiger partial charge is 0.243 e. The highest BCUT2D eigenvalue weighted by atomic mass is 16.2. The average Bonchev–Trinajstić information content (AvgIpc) is 2.68. The Morgan fingerprint density at radius 2 is 1.62 bits per heavy atom. The van der Waals surface area contributed by atoms with Crippen molar-refractivity contribution in [2.45, 2.75) is 20.3 Å². The fourth-order valence-corrected chi connectivity index (χ4v) is 3.14. The molecule has 0 spiro atoms. The van der Waals surface area contributed by atoms with E-state index >= 15 is 0 Å². The monoisotopic (exact) mass is 389 g/mol. The Hall–Kier alpha value is -3.67. The van der Waals surface area contributed by atoms with Gasteiger partial charge >= 0.3 is 0 Å². The van der Waals surface area contributed by atoms with Crippen molar-refractivity contribution in [1.82, 2.24) is 5.32 Å². The standard InChI is InChI=1S/C23H23N3O3/c1-15-12-19(10-11-21(15)25-16(2)27)26-23(29)14-24-22(28)13-18-8-5-7-17-6-3-4-9-20(17)18/h3-12H,13-14H2,1-2H3,(H,24,28)(H,25,27)(H,26,29). The number of amides is 3. The molecule has 0 aliphatic carbocycles. The SMILES string of the molecule is CC(=O)Nc1ccc(NC(=O)CNC(=O)Cc2cccc3ccccc23)cc1C. The van der Waals surface area contributed by atoms with Gasteiger partial charge in [0.2, 0.25) is 17.7 Å². The van der Waals surface area contributed by atoms with Crippen LogP contribution in [0.2, 0.25) is 0 Å². The largest absolute Gasteiger partial charge is 0.347 e. The van der Waals surface area contributed by atoms with Crippen molar-refractivity contribution in [3.63, 3.8) is 0 Å². The maximum atomic E-state index is 12.3. The summed E-state index contributed by atoms with van der Waals surface area (Å²) in [5.41, 5.74) is 3.05. The van der Waals surface area contributed by atoms with Gasteiger partial charge in [-0.1, -0.05) is 42.5 Å². The van der Waals surface area contributed by atoms with Crippen LogP contribution in [0.5, 0.6) is 0 Å². The predicted octanol–water partition coefficient (Wildman–Crippen LogP) is 3.40. The average molecular weight is 389 g/mol. The Labute approximate surface area is 169 Å². The fourth-order valence-electron chi connectivity index (χ4n) is 3.14. The summed E-state index contributed by atoms with van der Waals surface area (Å²) < 4.78 is 0. The zero-order chi connectivity index (χ0) is 20.8. The second-order valence-electron chi connectivity index (χ2n) is 6.85. The Kier molecular flexibility index (Phi) is 6.24. The number of nitrogens with one attached hydrogen (secondary N) is 3. The summed E-state index contributed by atoms with van der Waals surface area (Å²) in [5, 5.41) is 10.2. The van der Waals surface area contributed by atoms with E-state index in [1.54, 1.807) is 18.2 Å². The van der Waals surface area contributed by atoms with Gasteiger partial charge in [0.15, 0.2) is 0 Å². The Morgan fingerprint density at radius 3 is 2.38 bits per heavy atom. The van der Waals surface area contributed by atoms with Crippen molar-refractivity contribution >= 4 is 39.9 Å². The summed E-state index contributed by atoms with van der Waals surface area (Å²) in [7, 11) is 0. The number of aryl methyl sites for hydroxylation is 1. The zero-order valence-electron chi connectivity index (χ0n) is 16.4. The first-order chi connectivity index (χ1) is 13.9. The number of fused-ring (bicyclic) bond motifs is 1. The molecule has 0 saturated heterocycles. The van der Waals surface area contributed by atoms with Gasteiger partial charge in [-0.3, -0.25) is 14.4 Å². The summed E-state index contributed by atoms with van der Waals surface area (Å²) in [6.45, 7) is 3.17. The molecule has 0 unspecified atom stereocenters. The van der Waals surface area contributed by atoms with Crippen LogP contribution in [0.25, 0.3) is 10.8 Å². The molecule has 0 aliphatic rings. The lowest BCUT2D eigenvalue weighted by molar-refractivity contribution is -0.123. The Morgan fingerprint density at radius 1 is 0.862 bits per heavy atom. The number of carbonyl (C=O) groups is 3. The summed E-state index contributed by atoms with van der Waals surface area (Å²) in [5.74, 6) is -0.685. The number of hydrogen-bond acceptors (Lipinski definition) is 3. The van der Waals surface area contributed by atoms with Crippen LogP contribution in [0.4, 0.5) is 11.4 Å². The molecule has 0 heterocycles. The maximum absolute atomic E-state index is 12.3. The molecule has 29 heavy (non-hydrogen) atoms. The molecule has 6 heteroatoms. The summed E-state index contributed by atoms with van der Waals surface area (Å²) in [6.07, 6.45) is 0.207. The fraction of sp³-hybridized carbons (Fsp3) is 0.174. The minimum Gasteiger partial charge on any atom is -0.347 e. The van der Waals surface area contributed by atoms with Gasteiger partial charge in [-0.15, -0.1) is 0 Å². The molecular formula is C23H23N3O3. The molecule has 3 aromatic carbocycles. The van der Waals surface area contributed by atoms with E-state index in [0.717, 1.165) is 21.9 Å². The van der Waals surface area contributed by atoms with E-state index in [-0.39, 0.29) is 30.7 Å². The molecule has 0 aliphatic heterocycles. The van der Waals surface area contributed by atoms with Gasteiger partial charge in [0, 0.05) is 18.3 Å². The highest BCUT2D eigenvalue weighted by Gasteiger charge is 2.10. The van der Waals surface area contributed by atoms with Gasteiger partial charge in [0.1, 0.15) is 0 Å². The zero-order valence-corrected chi connectivity index (χ0v) is 16.4. The molecule has 148 valence electrons. The molecule has 0 aromatic heterocycles. The van der Waals surface area contributed by atoms with Crippen molar-refractivity contribution < 1.29 is 14.4 Å². The highest BCUT2D eigenvalue weighted by molar-refractivity contribution is 5.96. The molecule has 3 rings (SSSR count). The number of hydrogen-bond donors (Lipinski definition) is 3. The van der Waals surface area contributed by atoms with Crippen molar-refractivity contribution in [2.75, 3.05) is 17.2 Å². The van der Waals surface area contributed by atoms with E-state index in [4.69, 9.17) is 0 Å². The summed E-state index contributed by atoms with van der Waals surface area (Å²) >= 11 is 0. The maximum Gasteiger partial charge on any atom is 0.243 e. The van der Waals surface area contributed by atoms with Crippen LogP contribution < -0.4 is 16.0 Å². The van der Waals surface area contributed by atoms with E-state index in [1.165, 1.54) is 6.92 Å². The van der Waals surface area contributed by atoms with Gasteiger partial charge in [-0.2, -0.15) is 0 Å². The van der Waals surface area contributed by atoms with Crippen LogP contribution in [0.15, 0.2) is 60.7 Å². The number of carbonyl (C=O) groups excluding carboxylic acids is 3. The minimum absolute atomic E-state index is 0.115. The van der Waals surface area contributed by atoms with E-state index < -0.39 is 0 Å². The molecule has 0 fully saturated rings. The van der Waals surface area contributed by atoms with E-state index in [9.17, 15) is 14.4 Å². The molecule has 6 nitrogen and oxygen atoms in total. The van der Waals surface area contributed by atoms with Crippen molar-refractivity contribution in [2.24, 2.45) is 0 Å². The normalized spacial score (nSPS) is 10.4. The first-order valence-electron chi connectivity index (χ1n) is 9.34. The van der Waals surface area contributed by atoms with E-state index in [2.05, 4.69) is 16.0 Å². The van der Waals surface area contributed by atoms with Gasteiger partial charge in [0.25, 0.3) is 0 Å². The van der Waals surface area contributed by atoms with Crippen LogP contribution in [0.3, 0.4) is 0 Å². The third-order valence-corrected chi connectivity index (χ3v) is 4.50. The van der Waals surface area contributed by atoms with Crippen molar-refractivity contribution in [1.29, 1.82) is 0 Å². The molecule has 0 saturated carbocycles. The lowest BCUT2D eigenvalue weighted by Crippen LogP contribution is -2.33. The third kappa shape index (κ3) is 5.42. The Bertz CT molecular complexity index is 1070. The van der Waals surface area contributed by atoms with Gasteiger partial charge < -0.3 is 16.0 Å². The molecule has 0 radical (unpaired) electrons. The second kappa shape index (κ2) is 9.01. The second-order valence-corrected chi connectivity index (χ2v) is 6.85. The number of rotatable bonds is 6. The molecule has 3 amide bonds. The molecule has 0 atom stereocenters. The van der Waals surface area contributed by atoms with Gasteiger partial charge in [0.05, 0.1) is 13.0 Å². The first-order valence-corrected chi connectivity index (χ1v) is 9.34. The Balaban J connectivity index is 1.54. The minimum atomic E-state index is -0.317. The summed E-state index contributed by atoms with van der Waals surface area (Å²) in [4.78, 5) is 35.6. The lowest BCUT2D eigenvalue weighted by Gasteiger charge is -2.11. The topological polar surface area (TPSA) is 87.3 Å². The van der Waals surface area contributed by atoms with Crippen LogP contribution in [-0.2, 0) is 20.8 Å². The van der Waals surface area contributed by atoms with Crippen LogP contribution in [0.1, 0.15) is 18.1 Å². The quantitative estimate of drug-likeness (QED) is 0.604. The van der Waals surface area contributed by atoms with E-state index in [0.29, 0.717) is 11.4 Å². The van der Waals surface area contributed by atoms with Crippen molar-refractivity contribution in [3.8, 4) is 0 Å². The number of anilines is 2. The molecular weight excluding hydrogens is 366 g/mol. The van der Waals surface area contributed by atoms with Crippen LogP contribution in [-0.4, -0.2) is 24.3 Å². The third-order valence-electron chi connectivity index (χ3n) is 4.50.